The highest BCUT2D eigenvalue weighted by molar-refractivity contribution is 5.77. The van der Waals surface area contributed by atoms with Gasteiger partial charge < -0.3 is 11.1 Å². The summed E-state index contributed by atoms with van der Waals surface area (Å²) in [6, 6.07) is 0.338. The number of rotatable bonds is 4. The van der Waals surface area contributed by atoms with Crippen LogP contribution in [0.3, 0.4) is 0 Å². The summed E-state index contributed by atoms with van der Waals surface area (Å²) in [7, 11) is 0. The molecule has 3 nitrogen and oxygen atoms in total. The highest BCUT2D eigenvalue weighted by atomic mass is 16.1. The lowest BCUT2D eigenvalue weighted by Gasteiger charge is -2.39. The van der Waals surface area contributed by atoms with Crippen LogP contribution in [0, 0.1) is 5.41 Å². The van der Waals surface area contributed by atoms with Crippen LogP contribution in [-0.4, -0.2) is 18.0 Å². The minimum absolute atomic E-state index is 0.00621. The Morgan fingerprint density at radius 3 is 2.75 bits per heavy atom. The first kappa shape index (κ1) is 13.5. The monoisotopic (exact) mass is 226 g/mol. The van der Waals surface area contributed by atoms with Gasteiger partial charge in [-0.05, 0) is 24.7 Å². The Hall–Kier alpha value is -0.570. The molecule has 94 valence electrons. The third-order valence-electron chi connectivity index (χ3n) is 3.81. The van der Waals surface area contributed by atoms with E-state index in [4.69, 9.17) is 5.73 Å². The predicted octanol–water partition coefficient (Wildman–Crippen LogP) is 2.20. The molecule has 1 fully saturated rings. The molecule has 0 aromatic heterocycles. The molecule has 1 rings (SSSR count). The van der Waals surface area contributed by atoms with Gasteiger partial charge in [-0.1, -0.05) is 33.6 Å². The molecule has 0 aromatic rings. The van der Waals surface area contributed by atoms with Crippen molar-refractivity contribution in [3.8, 4) is 0 Å². The Bertz CT molecular complexity index is 238. The van der Waals surface area contributed by atoms with Crippen molar-refractivity contribution in [2.24, 2.45) is 11.1 Å². The Morgan fingerprint density at radius 1 is 1.50 bits per heavy atom. The van der Waals surface area contributed by atoms with E-state index in [-0.39, 0.29) is 17.4 Å². The van der Waals surface area contributed by atoms with Gasteiger partial charge in [0.05, 0.1) is 0 Å². The highest BCUT2D eigenvalue weighted by Crippen LogP contribution is 2.35. The van der Waals surface area contributed by atoms with Crippen LogP contribution in [0.1, 0.15) is 59.3 Å². The molecular formula is C13H26N2O. The van der Waals surface area contributed by atoms with Crippen LogP contribution >= 0.6 is 0 Å². The normalized spacial score (nSPS) is 26.1. The number of carbonyl (C=O) groups is 1. The van der Waals surface area contributed by atoms with Crippen molar-refractivity contribution < 1.29 is 4.79 Å². The Morgan fingerprint density at radius 2 is 2.19 bits per heavy atom. The lowest BCUT2D eigenvalue weighted by molar-refractivity contribution is -0.123. The molecule has 1 aliphatic rings. The Balaban J connectivity index is 2.43. The molecule has 0 heterocycles. The van der Waals surface area contributed by atoms with Gasteiger partial charge in [0.25, 0.3) is 0 Å². The van der Waals surface area contributed by atoms with Crippen molar-refractivity contribution in [3.63, 3.8) is 0 Å². The molecule has 3 heteroatoms. The number of carbonyl (C=O) groups excluding carboxylic acids is 1. The molecule has 0 spiro atoms. The van der Waals surface area contributed by atoms with Crippen LogP contribution < -0.4 is 11.1 Å². The third-order valence-corrected chi connectivity index (χ3v) is 3.81. The summed E-state index contributed by atoms with van der Waals surface area (Å²) in [6.07, 6.45) is 6.16. The van der Waals surface area contributed by atoms with E-state index in [0.29, 0.717) is 12.5 Å². The molecule has 1 amide bonds. The number of amides is 1. The summed E-state index contributed by atoms with van der Waals surface area (Å²) in [6.45, 7) is 6.51. The Labute approximate surface area is 99.2 Å². The fourth-order valence-corrected chi connectivity index (χ4v) is 2.40. The largest absolute Gasteiger partial charge is 0.353 e. The van der Waals surface area contributed by atoms with Crippen molar-refractivity contribution in [2.75, 3.05) is 0 Å². The van der Waals surface area contributed by atoms with E-state index in [9.17, 15) is 4.79 Å². The average molecular weight is 226 g/mol. The van der Waals surface area contributed by atoms with Crippen LogP contribution in [0.5, 0.6) is 0 Å². The molecule has 0 aromatic carbocycles. The molecule has 3 N–H and O–H groups in total. The SMILES string of the molecule is CCC(N)CC(=O)NC1CCCCC1(C)C. The van der Waals surface area contributed by atoms with E-state index in [1.54, 1.807) is 0 Å². The standard InChI is InChI=1S/C13H26N2O/c1-4-10(14)9-12(16)15-11-7-5-6-8-13(11,2)3/h10-11H,4-9,14H2,1-3H3,(H,15,16). The van der Waals surface area contributed by atoms with Crippen LogP contribution in [0.25, 0.3) is 0 Å². The van der Waals surface area contributed by atoms with Gasteiger partial charge >= 0.3 is 0 Å². The summed E-state index contributed by atoms with van der Waals surface area (Å²) >= 11 is 0. The maximum absolute atomic E-state index is 11.8. The van der Waals surface area contributed by atoms with Crippen molar-refractivity contribution in [2.45, 2.75) is 71.4 Å². The molecule has 0 saturated heterocycles. The first-order valence-corrected chi connectivity index (χ1v) is 6.50. The van der Waals surface area contributed by atoms with Crippen LogP contribution in [0.2, 0.25) is 0 Å². The quantitative estimate of drug-likeness (QED) is 0.772. The topological polar surface area (TPSA) is 55.1 Å². The summed E-state index contributed by atoms with van der Waals surface area (Å²) < 4.78 is 0. The summed E-state index contributed by atoms with van der Waals surface area (Å²) in [5.74, 6) is 0.120. The fourth-order valence-electron chi connectivity index (χ4n) is 2.40. The van der Waals surface area contributed by atoms with Crippen molar-refractivity contribution in [3.05, 3.63) is 0 Å². The average Bonchev–Trinajstić information content (AvgIpc) is 2.21. The van der Waals surface area contributed by atoms with E-state index in [2.05, 4.69) is 19.2 Å². The lowest BCUT2D eigenvalue weighted by Crippen LogP contribution is -2.47. The second-order valence-corrected chi connectivity index (χ2v) is 5.73. The first-order chi connectivity index (χ1) is 7.45. The Kier molecular flexibility index (Phi) is 4.78. The van der Waals surface area contributed by atoms with Gasteiger partial charge in [0, 0.05) is 18.5 Å². The van der Waals surface area contributed by atoms with Gasteiger partial charge in [-0.3, -0.25) is 4.79 Å². The number of nitrogens with two attached hydrogens (primary N) is 1. The predicted molar refractivity (Wildman–Crippen MR) is 67.1 cm³/mol. The lowest BCUT2D eigenvalue weighted by atomic mass is 9.73. The minimum Gasteiger partial charge on any atom is -0.353 e. The fraction of sp³-hybridized carbons (Fsp3) is 0.923. The van der Waals surface area contributed by atoms with Crippen LogP contribution in [-0.2, 0) is 4.79 Å². The van der Waals surface area contributed by atoms with E-state index < -0.39 is 0 Å². The van der Waals surface area contributed by atoms with Gasteiger partial charge in [0.1, 0.15) is 0 Å². The van der Waals surface area contributed by atoms with Gasteiger partial charge in [-0.2, -0.15) is 0 Å². The van der Waals surface area contributed by atoms with Crippen LogP contribution in [0.15, 0.2) is 0 Å². The minimum atomic E-state index is 0.00621. The van der Waals surface area contributed by atoms with E-state index in [1.165, 1.54) is 19.3 Å². The maximum Gasteiger partial charge on any atom is 0.221 e. The summed E-state index contributed by atoms with van der Waals surface area (Å²) in [5, 5.41) is 3.16. The molecule has 2 unspecified atom stereocenters. The second kappa shape index (κ2) is 5.67. The molecule has 2 atom stereocenters. The summed E-state index contributed by atoms with van der Waals surface area (Å²) in [5.41, 5.74) is 6.03. The van der Waals surface area contributed by atoms with Crippen LogP contribution in [0.4, 0.5) is 0 Å². The molecular weight excluding hydrogens is 200 g/mol. The first-order valence-electron chi connectivity index (χ1n) is 6.50. The number of hydrogen-bond donors (Lipinski definition) is 2. The molecule has 0 aliphatic heterocycles. The van der Waals surface area contributed by atoms with Gasteiger partial charge in [-0.15, -0.1) is 0 Å². The van der Waals surface area contributed by atoms with E-state index >= 15 is 0 Å². The van der Waals surface area contributed by atoms with Crippen molar-refractivity contribution >= 4 is 5.91 Å². The highest BCUT2D eigenvalue weighted by Gasteiger charge is 2.33. The number of nitrogens with one attached hydrogen (secondary N) is 1. The van der Waals surface area contributed by atoms with Crippen molar-refractivity contribution in [1.82, 2.24) is 5.32 Å². The van der Waals surface area contributed by atoms with E-state index in [1.807, 2.05) is 6.92 Å². The zero-order chi connectivity index (χ0) is 12.2. The third kappa shape index (κ3) is 3.78. The van der Waals surface area contributed by atoms with Crippen molar-refractivity contribution in [1.29, 1.82) is 0 Å². The van der Waals surface area contributed by atoms with Gasteiger partial charge in [0.2, 0.25) is 5.91 Å². The second-order valence-electron chi connectivity index (χ2n) is 5.73. The smallest absolute Gasteiger partial charge is 0.221 e. The zero-order valence-electron chi connectivity index (χ0n) is 10.9. The number of hydrogen-bond acceptors (Lipinski definition) is 2. The molecule has 0 radical (unpaired) electrons. The molecule has 1 saturated carbocycles. The maximum atomic E-state index is 11.8. The zero-order valence-corrected chi connectivity index (χ0v) is 10.9. The molecule has 16 heavy (non-hydrogen) atoms. The van der Waals surface area contributed by atoms with Gasteiger partial charge in [0.15, 0.2) is 0 Å². The summed E-state index contributed by atoms with van der Waals surface area (Å²) in [4.78, 5) is 11.8. The molecule has 1 aliphatic carbocycles. The molecule has 0 bridgehead atoms. The van der Waals surface area contributed by atoms with Gasteiger partial charge in [-0.25, -0.2) is 0 Å². The van der Waals surface area contributed by atoms with E-state index in [0.717, 1.165) is 12.8 Å².